The van der Waals surface area contributed by atoms with Crippen LogP contribution in [0.3, 0.4) is 0 Å². The number of hydrogen-bond donors (Lipinski definition) is 1. The van der Waals surface area contributed by atoms with E-state index in [1.54, 1.807) is 30.5 Å². The van der Waals surface area contributed by atoms with Crippen LogP contribution in [0.2, 0.25) is 5.02 Å². The monoisotopic (exact) mass is 463 g/mol. The predicted octanol–water partition coefficient (Wildman–Crippen LogP) is 4.40. The zero-order chi connectivity index (χ0) is 22.9. The Morgan fingerprint density at radius 1 is 1.23 bits per heavy atom. The molecule has 0 saturated carbocycles. The fourth-order valence-corrected chi connectivity index (χ4v) is 3.82. The highest BCUT2D eigenvalue weighted by Crippen LogP contribution is 2.34. The van der Waals surface area contributed by atoms with Crippen LogP contribution >= 0.6 is 11.6 Å². The highest BCUT2D eigenvalue weighted by Gasteiger charge is 2.21. The molecule has 0 aliphatic carbocycles. The summed E-state index contributed by atoms with van der Waals surface area (Å²) in [4.78, 5) is 16.8. The number of halogens is 1. The first-order valence-electron chi connectivity index (χ1n) is 9.93. The molecule has 0 aliphatic heterocycles. The molecule has 0 spiro atoms. The van der Waals surface area contributed by atoms with Gasteiger partial charge >= 0.3 is 0 Å². The van der Waals surface area contributed by atoms with Gasteiger partial charge in [-0.15, -0.1) is 0 Å². The Labute approximate surface area is 187 Å². The van der Waals surface area contributed by atoms with Gasteiger partial charge in [0.1, 0.15) is 5.02 Å². The van der Waals surface area contributed by atoms with Crippen molar-refractivity contribution in [2.75, 3.05) is 6.61 Å². The third kappa shape index (κ3) is 5.02. The summed E-state index contributed by atoms with van der Waals surface area (Å²) < 4.78 is 33.6. The summed E-state index contributed by atoms with van der Waals surface area (Å²) >= 11 is 6.37. The average Bonchev–Trinajstić information content (AvgIpc) is 3.02. The molecular weight excluding hydrogens is 438 g/mol. The molecule has 31 heavy (non-hydrogen) atoms. The van der Waals surface area contributed by atoms with Crippen LogP contribution in [0.1, 0.15) is 38.1 Å². The molecular formula is C22H26ClN3O4S. The van der Waals surface area contributed by atoms with E-state index in [-0.39, 0.29) is 5.56 Å². The second-order valence-corrected chi connectivity index (χ2v) is 10.8. The van der Waals surface area contributed by atoms with Gasteiger partial charge in [-0.05, 0) is 38.0 Å². The Balaban J connectivity index is 1.94. The predicted molar refractivity (Wildman–Crippen MR) is 123 cm³/mol. The SMILES string of the molecule is CC(C)COc1ncc(-c2cn(C)c3cc(C(=O)NS(=O)(=O)C(C)C)ccc23)cc1Cl. The molecule has 1 N–H and O–H groups in total. The fourth-order valence-electron chi connectivity index (χ4n) is 2.99. The van der Waals surface area contributed by atoms with Crippen LogP contribution in [0.4, 0.5) is 0 Å². The van der Waals surface area contributed by atoms with Crippen molar-refractivity contribution >= 4 is 38.4 Å². The van der Waals surface area contributed by atoms with Crippen LogP contribution in [0.15, 0.2) is 36.7 Å². The largest absolute Gasteiger partial charge is 0.476 e. The second-order valence-electron chi connectivity index (χ2n) is 8.13. The van der Waals surface area contributed by atoms with Gasteiger partial charge in [0, 0.05) is 47.0 Å². The quantitative estimate of drug-likeness (QED) is 0.561. The van der Waals surface area contributed by atoms with Crippen molar-refractivity contribution in [1.82, 2.24) is 14.3 Å². The zero-order valence-electron chi connectivity index (χ0n) is 18.1. The lowest BCUT2D eigenvalue weighted by atomic mass is 10.0. The molecule has 3 aromatic rings. The van der Waals surface area contributed by atoms with E-state index in [0.29, 0.717) is 23.4 Å². The fraction of sp³-hybridized carbons (Fsp3) is 0.364. The van der Waals surface area contributed by atoms with Gasteiger partial charge in [-0.2, -0.15) is 0 Å². The van der Waals surface area contributed by atoms with Crippen LogP contribution in [0, 0.1) is 5.92 Å². The Morgan fingerprint density at radius 2 is 1.94 bits per heavy atom. The van der Waals surface area contributed by atoms with E-state index in [1.807, 2.05) is 31.7 Å². The summed E-state index contributed by atoms with van der Waals surface area (Å²) in [5, 5.41) is 0.607. The first-order chi connectivity index (χ1) is 14.5. The van der Waals surface area contributed by atoms with Gasteiger partial charge in [0.25, 0.3) is 5.91 Å². The molecule has 0 saturated heterocycles. The number of nitrogens with one attached hydrogen (secondary N) is 1. The molecule has 2 aromatic heterocycles. The molecule has 7 nitrogen and oxygen atoms in total. The Hall–Kier alpha value is -2.58. The molecule has 166 valence electrons. The van der Waals surface area contributed by atoms with E-state index in [9.17, 15) is 13.2 Å². The van der Waals surface area contributed by atoms with Crippen LogP contribution in [0.25, 0.3) is 22.0 Å². The van der Waals surface area contributed by atoms with Crippen molar-refractivity contribution in [3.8, 4) is 17.0 Å². The number of hydrogen-bond acceptors (Lipinski definition) is 5. The maximum absolute atomic E-state index is 12.4. The maximum atomic E-state index is 12.4. The van der Waals surface area contributed by atoms with Crippen molar-refractivity contribution in [3.63, 3.8) is 0 Å². The van der Waals surface area contributed by atoms with E-state index < -0.39 is 21.2 Å². The second kappa shape index (κ2) is 8.88. The van der Waals surface area contributed by atoms with Gasteiger partial charge in [0.15, 0.2) is 0 Å². The van der Waals surface area contributed by atoms with E-state index in [2.05, 4.69) is 9.71 Å². The van der Waals surface area contributed by atoms with Gasteiger partial charge < -0.3 is 9.30 Å². The molecule has 0 atom stereocenters. The minimum atomic E-state index is -3.71. The number of aryl methyl sites for hydroxylation is 1. The van der Waals surface area contributed by atoms with Gasteiger partial charge in [-0.1, -0.05) is 31.5 Å². The number of carbonyl (C=O) groups excluding carboxylic acids is 1. The number of fused-ring (bicyclic) bond motifs is 1. The molecule has 2 heterocycles. The number of amides is 1. The van der Waals surface area contributed by atoms with Crippen LogP contribution in [-0.2, 0) is 17.1 Å². The van der Waals surface area contributed by atoms with Gasteiger partial charge in [0.05, 0.1) is 11.9 Å². The normalized spacial score (nSPS) is 12.0. The lowest BCUT2D eigenvalue weighted by molar-refractivity contribution is 0.0981. The summed E-state index contributed by atoms with van der Waals surface area (Å²) in [6, 6.07) is 6.86. The number of nitrogens with zero attached hydrogens (tertiary/aromatic N) is 2. The topological polar surface area (TPSA) is 90.3 Å². The highest BCUT2D eigenvalue weighted by atomic mass is 35.5. The minimum Gasteiger partial charge on any atom is -0.476 e. The summed E-state index contributed by atoms with van der Waals surface area (Å²) in [7, 11) is -1.85. The summed E-state index contributed by atoms with van der Waals surface area (Å²) in [5.74, 6) is 0.0944. The van der Waals surface area contributed by atoms with Crippen molar-refractivity contribution in [1.29, 1.82) is 0 Å². The molecule has 0 bridgehead atoms. The molecule has 3 rings (SSSR count). The number of pyridine rings is 1. The number of carbonyl (C=O) groups is 1. The first kappa shape index (κ1) is 23.1. The van der Waals surface area contributed by atoms with Crippen LogP contribution < -0.4 is 9.46 Å². The smallest absolute Gasteiger partial charge is 0.264 e. The van der Waals surface area contributed by atoms with Crippen molar-refractivity contribution in [2.45, 2.75) is 32.9 Å². The highest BCUT2D eigenvalue weighted by molar-refractivity contribution is 7.90. The molecule has 9 heteroatoms. The molecule has 1 amide bonds. The number of aromatic nitrogens is 2. The molecule has 0 fully saturated rings. The third-order valence-electron chi connectivity index (χ3n) is 4.78. The lowest BCUT2D eigenvalue weighted by Gasteiger charge is -2.10. The van der Waals surface area contributed by atoms with Crippen LogP contribution in [0.5, 0.6) is 5.88 Å². The Bertz CT molecular complexity index is 1230. The van der Waals surface area contributed by atoms with E-state index >= 15 is 0 Å². The van der Waals surface area contributed by atoms with Crippen LogP contribution in [-0.4, -0.2) is 35.7 Å². The number of rotatable bonds is 7. The summed E-state index contributed by atoms with van der Waals surface area (Å²) in [5.41, 5.74) is 2.75. The maximum Gasteiger partial charge on any atom is 0.264 e. The molecule has 0 radical (unpaired) electrons. The number of benzene rings is 1. The van der Waals surface area contributed by atoms with Crippen molar-refractivity contribution in [2.24, 2.45) is 13.0 Å². The average molecular weight is 464 g/mol. The lowest BCUT2D eigenvalue weighted by Crippen LogP contribution is -2.35. The summed E-state index contributed by atoms with van der Waals surface area (Å²) in [6.45, 7) is 7.65. The number of sulfonamides is 1. The standard InChI is InChI=1S/C22H26ClN3O4S/c1-13(2)12-30-22-19(23)8-16(10-24-22)18-11-26(5)20-9-15(6-7-17(18)20)21(27)25-31(28,29)14(3)4/h6-11,13-14H,12H2,1-5H3,(H,25,27). The van der Waals surface area contributed by atoms with E-state index in [0.717, 1.165) is 22.0 Å². The van der Waals surface area contributed by atoms with Gasteiger partial charge in [-0.25, -0.2) is 18.1 Å². The van der Waals surface area contributed by atoms with Gasteiger partial charge in [-0.3, -0.25) is 4.79 Å². The molecule has 0 aliphatic rings. The zero-order valence-corrected chi connectivity index (χ0v) is 19.7. The van der Waals surface area contributed by atoms with E-state index in [1.165, 1.54) is 13.8 Å². The Kier molecular flexibility index (Phi) is 6.62. The minimum absolute atomic E-state index is 0.262. The Morgan fingerprint density at radius 3 is 2.55 bits per heavy atom. The third-order valence-corrected chi connectivity index (χ3v) is 6.76. The molecule has 0 unspecified atom stereocenters. The van der Waals surface area contributed by atoms with Crippen molar-refractivity contribution in [3.05, 3.63) is 47.2 Å². The van der Waals surface area contributed by atoms with Crippen molar-refractivity contribution < 1.29 is 17.9 Å². The van der Waals surface area contributed by atoms with E-state index in [4.69, 9.17) is 16.3 Å². The molecule has 1 aromatic carbocycles. The number of ether oxygens (including phenoxy) is 1. The summed E-state index contributed by atoms with van der Waals surface area (Å²) in [6.07, 6.45) is 3.62. The first-order valence-corrected chi connectivity index (χ1v) is 11.9. The van der Waals surface area contributed by atoms with Gasteiger partial charge in [0.2, 0.25) is 15.9 Å².